The van der Waals surface area contributed by atoms with Crippen molar-refractivity contribution in [3.63, 3.8) is 0 Å². The van der Waals surface area contributed by atoms with Gasteiger partial charge < -0.3 is 5.11 Å². The zero-order valence-corrected chi connectivity index (χ0v) is 9.27. The number of rotatable bonds is 2. The zero-order valence-electron chi connectivity index (χ0n) is 9.27. The molecule has 1 N–H and O–H groups in total. The van der Waals surface area contributed by atoms with Gasteiger partial charge in [0, 0.05) is 0 Å². The van der Waals surface area contributed by atoms with Crippen LogP contribution in [0.1, 0.15) is 15.9 Å². The molecule has 2 aromatic carbocycles. The van der Waals surface area contributed by atoms with E-state index in [4.69, 9.17) is 5.11 Å². The molecule has 0 amide bonds. The largest absolute Gasteiger partial charge is 0.478 e. The van der Waals surface area contributed by atoms with Gasteiger partial charge >= 0.3 is 5.97 Å². The maximum Gasteiger partial charge on any atom is 0.338 e. The number of carboxylic acids is 1. The highest BCUT2D eigenvalue weighted by Crippen LogP contribution is 2.22. The lowest BCUT2D eigenvalue weighted by Gasteiger charge is -2.04. The van der Waals surface area contributed by atoms with E-state index in [0.29, 0.717) is 5.56 Å². The van der Waals surface area contributed by atoms with Crippen LogP contribution < -0.4 is 0 Å². The number of carboxylic acid groups (broad SMARTS) is 1. The lowest BCUT2D eigenvalue weighted by Crippen LogP contribution is -2.00. The van der Waals surface area contributed by atoms with Gasteiger partial charge in [0.1, 0.15) is 5.82 Å². The van der Waals surface area contributed by atoms with Crippen molar-refractivity contribution in [3.05, 3.63) is 59.4 Å². The van der Waals surface area contributed by atoms with E-state index in [0.717, 1.165) is 11.1 Å². The van der Waals surface area contributed by atoms with Crippen molar-refractivity contribution in [2.45, 2.75) is 6.92 Å². The summed E-state index contributed by atoms with van der Waals surface area (Å²) in [4.78, 5) is 10.8. The molecule has 0 fully saturated rings. The predicted molar refractivity (Wildman–Crippen MR) is 63.5 cm³/mol. The summed E-state index contributed by atoms with van der Waals surface area (Å²) >= 11 is 0. The Morgan fingerprint density at radius 3 is 2.24 bits per heavy atom. The van der Waals surface area contributed by atoms with Gasteiger partial charge in [-0.05, 0) is 30.2 Å². The minimum Gasteiger partial charge on any atom is -0.478 e. The molecule has 86 valence electrons. The summed E-state index contributed by atoms with van der Waals surface area (Å²) < 4.78 is 13.2. The molecule has 0 heterocycles. The zero-order chi connectivity index (χ0) is 12.4. The molecule has 2 nitrogen and oxygen atoms in total. The first kappa shape index (κ1) is 11.3. The summed E-state index contributed by atoms with van der Waals surface area (Å²) in [5.74, 6) is -1.97. The summed E-state index contributed by atoms with van der Waals surface area (Å²) in [6, 6.07) is 11.7. The Kier molecular flexibility index (Phi) is 2.91. The Labute approximate surface area is 98.3 Å². The molecular formula is C14H11FO2. The number of aromatic carboxylic acids is 1. The van der Waals surface area contributed by atoms with Gasteiger partial charge in [0.05, 0.1) is 5.56 Å². The van der Waals surface area contributed by atoms with Crippen molar-refractivity contribution in [1.29, 1.82) is 0 Å². The molecule has 0 aromatic heterocycles. The van der Waals surface area contributed by atoms with E-state index in [2.05, 4.69) is 0 Å². The van der Waals surface area contributed by atoms with Crippen LogP contribution in [0.4, 0.5) is 4.39 Å². The third-order valence-corrected chi connectivity index (χ3v) is 2.58. The second kappa shape index (κ2) is 4.37. The Bertz CT molecular complexity index is 559. The molecule has 17 heavy (non-hydrogen) atoms. The van der Waals surface area contributed by atoms with Gasteiger partial charge in [-0.15, -0.1) is 0 Å². The Morgan fingerprint density at radius 2 is 1.65 bits per heavy atom. The number of aryl methyl sites for hydroxylation is 1. The average Bonchev–Trinajstić information content (AvgIpc) is 2.30. The maximum atomic E-state index is 13.2. The molecule has 0 aliphatic carbocycles. The number of hydrogen-bond donors (Lipinski definition) is 1. The van der Waals surface area contributed by atoms with E-state index >= 15 is 0 Å². The van der Waals surface area contributed by atoms with E-state index in [1.807, 2.05) is 31.2 Å². The summed E-state index contributed by atoms with van der Waals surface area (Å²) in [6.45, 7) is 1.97. The Hall–Kier alpha value is -2.16. The Morgan fingerprint density at radius 1 is 1.06 bits per heavy atom. The van der Waals surface area contributed by atoms with Gasteiger partial charge in [0.25, 0.3) is 0 Å². The van der Waals surface area contributed by atoms with Gasteiger partial charge in [-0.25, -0.2) is 9.18 Å². The first-order valence-corrected chi connectivity index (χ1v) is 5.18. The molecule has 3 heteroatoms. The molecule has 0 atom stereocenters. The molecule has 0 saturated carbocycles. The summed E-state index contributed by atoms with van der Waals surface area (Å²) in [5, 5.41) is 8.84. The van der Waals surface area contributed by atoms with E-state index in [1.165, 1.54) is 12.1 Å². The van der Waals surface area contributed by atoms with Crippen molar-refractivity contribution in [2.75, 3.05) is 0 Å². The minimum atomic E-state index is -1.25. The molecular weight excluding hydrogens is 219 g/mol. The van der Waals surface area contributed by atoms with Crippen molar-refractivity contribution >= 4 is 5.97 Å². The smallest absolute Gasteiger partial charge is 0.338 e. The van der Waals surface area contributed by atoms with Crippen LogP contribution in [0.25, 0.3) is 11.1 Å². The quantitative estimate of drug-likeness (QED) is 0.857. The fourth-order valence-electron chi connectivity index (χ4n) is 1.61. The molecule has 0 aliphatic rings. The van der Waals surface area contributed by atoms with E-state index in [-0.39, 0.29) is 5.56 Å². The molecule has 2 aromatic rings. The fourth-order valence-corrected chi connectivity index (χ4v) is 1.61. The number of carbonyl (C=O) groups is 1. The van der Waals surface area contributed by atoms with Crippen LogP contribution in [0.5, 0.6) is 0 Å². The first-order chi connectivity index (χ1) is 8.08. The van der Waals surface area contributed by atoms with Crippen molar-refractivity contribution in [1.82, 2.24) is 0 Å². The van der Waals surface area contributed by atoms with Crippen LogP contribution in [0.2, 0.25) is 0 Å². The van der Waals surface area contributed by atoms with Crippen LogP contribution in [-0.2, 0) is 0 Å². The number of hydrogen-bond acceptors (Lipinski definition) is 1. The Balaban J connectivity index is 2.50. The highest BCUT2D eigenvalue weighted by Gasteiger charge is 2.11. The van der Waals surface area contributed by atoms with Crippen molar-refractivity contribution < 1.29 is 14.3 Å². The lowest BCUT2D eigenvalue weighted by molar-refractivity contribution is 0.0692. The van der Waals surface area contributed by atoms with Gasteiger partial charge in [-0.2, -0.15) is 0 Å². The first-order valence-electron chi connectivity index (χ1n) is 5.18. The molecule has 0 spiro atoms. The molecule has 0 unspecified atom stereocenters. The number of halogens is 1. The second-order valence-corrected chi connectivity index (χ2v) is 3.87. The van der Waals surface area contributed by atoms with Crippen LogP contribution in [-0.4, -0.2) is 11.1 Å². The van der Waals surface area contributed by atoms with Crippen LogP contribution in [0, 0.1) is 12.7 Å². The third kappa shape index (κ3) is 2.33. The minimum absolute atomic E-state index is 0.303. The molecule has 0 bridgehead atoms. The average molecular weight is 230 g/mol. The van der Waals surface area contributed by atoms with Crippen LogP contribution in [0.15, 0.2) is 42.5 Å². The molecule has 0 aliphatic heterocycles. The highest BCUT2D eigenvalue weighted by atomic mass is 19.1. The standard InChI is InChI=1S/C14H11FO2/c1-9-2-4-10(5-3-9)11-6-7-13(15)12(8-11)14(16)17/h2-8H,1H3,(H,16,17). The van der Waals surface area contributed by atoms with Gasteiger partial charge in [0.15, 0.2) is 0 Å². The molecule has 2 rings (SSSR count). The normalized spacial score (nSPS) is 10.2. The van der Waals surface area contributed by atoms with Crippen LogP contribution in [0.3, 0.4) is 0 Å². The topological polar surface area (TPSA) is 37.3 Å². The van der Waals surface area contributed by atoms with E-state index < -0.39 is 11.8 Å². The fraction of sp³-hybridized carbons (Fsp3) is 0.0714. The van der Waals surface area contributed by atoms with Crippen molar-refractivity contribution in [2.24, 2.45) is 0 Å². The van der Waals surface area contributed by atoms with Crippen molar-refractivity contribution in [3.8, 4) is 11.1 Å². The van der Waals surface area contributed by atoms with Gasteiger partial charge in [0.2, 0.25) is 0 Å². The monoisotopic (exact) mass is 230 g/mol. The van der Waals surface area contributed by atoms with E-state index in [1.54, 1.807) is 6.07 Å². The summed E-state index contributed by atoms with van der Waals surface area (Å²) in [6.07, 6.45) is 0. The van der Waals surface area contributed by atoms with Gasteiger partial charge in [-0.3, -0.25) is 0 Å². The second-order valence-electron chi connectivity index (χ2n) is 3.87. The van der Waals surface area contributed by atoms with Crippen LogP contribution >= 0.6 is 0 Å². The maximum absolute atomic E-state index is 13.2. The number of benzene rings is 2. The SMILES string of the molecule is Cc1ccc(-c2ccc(F)c(C(=O)O)c2)cc1. The van der Waals surface area contributed by atoms with E-state index in [9.17, 15) is 9.18 Å². The summed E-state index contributed by atoms with van der Waals surface area (Å²) in [7, 11) is 0. The molecule has 0 radical (unpaired) electrons. The highest BCUT2D eigenvalue weighted by molar-refractivity contribution is 5.89. The lowest BCUT2D eigenvalue weighted by atomic mass is 10.0. The molecule has 0 saturated heterocycles. The van der Waals surface area contributed by atoms with Gasteiger partial charge in [-0.1, -0.05) is 35.9 Å². The summed E-state index contributed by atoms with van der Waals surface area (Å²) in [5.41, 5.74) is 2.39. The predicted octanol–water partition coefficient (Wildman–Crippen LogP) is 3.50. The third-order valence-electron chi connectivity index (χ3n) is 2.58.